The number of carbonyl (C=O) groups is 3. The highest BCUT2D eigenvalue weighted by atomic mass is 16.4. The lowest BCUT2D eigenvalue weighted by Gasteiger charge is -2.23. The van der Waals surface area contributed by atoms with Crippen molar-refractivity contribution >= 4 is 23.6 Å². The lowest BCUT2D eigenvalue weighted by atomic mass is 10.2. The second-order valence-electron chi connectivity index (χ2n) is 4.27. The average Bonchev–Trinajstić information content (AvgIpc) is 2.38. The van der Waals surface area contributed by atoms with Crippen molar-refractivity contribution in [2.24, 2.45) is 5.73 Å². The SMILES string of the molecule is CCN(C(=O)N[C@@H](CC(N)=O)C(=O)O)c1cccc(O)c1. The van der Waals surface area contributed by atoms with Gasteiger partial charge in [0.25, 0.3) is 0 Å². The third kappa shape index (κ3) is 4.68. The van der Waals surface area contributed by atoms with Crippen molar-refractivity contribution in [3.63, 3.8) is 0 Å². The molecule has 0 spiro atoms. The van der Waals surface area contributed by atoms with Gasteiger partial charge in [0, 0.05) is 18.3 Å². The predicted molar refractivity (Wildman–Crippen MR) is 74.9 cm³/mol. The predicted octanol–water partition coefficient (Wildman–Crippen LogP) is 0.257. The molecule has 1 aromatic carbocycles. The molecule has 1 atom stereocenters. The molecule has 8 heteroatoms. The van der Waals surface area contributed by atoms with E-state index in [-0.39, 0.29) is 12.3 Å². The number of carboxylic acid groups (broad SMARTS) is 1. The van der Waals surface area contributed by atoms with Crippen LogP contribution in [-0.4, -0.2) is 40.7 Å². The molecule has 3 amide bonds. The number of phenols is 1. The molecule has 0 unspecified atom stereocenters. The molecule has 5 N–H and O–H groups in total. The average molecular weight is 295 g/mol. The van der Waals surface area contributed by atoms with Crippen molar-refractivity contribution in [3.8, 4) is 5.75 Å². The summed E-state index contributed by atoms with van der Waals surface area (Å²) >= 11 is 0. The summed E-state index contributed by atoms with van der Waals surface area (Å²) in [7, 11) is 0. The van der Waals surface area contributed by atoms with Gasteiger partial charge in [-0.05, 0) is 19.1 Å². The van der Waals surface area contributed by atoms with E-state index in [9.17, 15) is 19.5 Å². The van der Waals surface area contributed by atoms with Gasteiger partial charge in [-0.25, -0.2) is 9.59 Å². The number of aromatic hydroxyl groups is 1. The Morgan fingerprint density at radius 2 is 2.05 bits per heavy atom. The summed E-state index contributed by atoms with van der Waals surface area (Å²) in [5, 5.41) is 20.6. The fourth-order valence-electron chi connectivity index (χ4n) is 1.73. The maximum absolute atomic E-state index is 12.1. The Balaban J connectivity index is 2.88. The normalized spacial score (nSPS) is 11.5. The topological polar surface area (TPSA) is 133 Å². The maximum atomic E-state index is 12.1. The minimum absolute atomic E-state index is 0.0225. The fraction of sp³-hybridized carbons (Fsp3) is 0.308. The molecule has 0 bridgehead atoms. The minimum Gasteiger partial charge on any atom is -0.508 e. The number of hydrogen-bond acceptors (Lipinski definition) is 4. The van der Waals surface area contributed by atoms with E-state index in [1.165, 1.54) is 17.0 Å². The Morgan fingerprint density at radius 1 is 1.38 bits per heavy atom. The molecule has 0 saturated carbocycles. The summed E-state index contributed by atoms with van der Waals surface area (Å²) in [4.78, 5) is 35.1. The molecule has 21 heavy (non-hydrogen) atoms. The first-order valence-corrected chi connectivity index (χ1v) is 6.23. The van der Waals surface area contributed by atoms with E-state index in [0.29, 0.717) is 5.69 Å². The number of phenolic OH excluding ortho intramolecular Hbond substituents is 1. The zero-order chi connectivity index (χ0) is 16.0. The molecular weight excluding hydrogens is 278 g/mol. The molecule has 1 rings (SSSR count). The Morgan fingerprint density at radius 3 is 2.52 bits per heavy atom. The van der Waals surface area contributed by atoms with Gasteiger partial charge >= 0.3 is 12.0 Å². The van der Waals surface area contributed by atoms with Crippen LogP contribution in [0.15, 0.2) is 24.3 Å². The van der Waals surface area contributed by atoms with Crippen molar-refractivity contribution in [2.45, 2.75) is 19.4 Å². The number of carboxylic acids is 1. The van der Waals surface area contributed by atoms with Crippen LogP contribution in [0.5, 0.6) is 5.75 Å². The van der Waals surface area contributed by atoms with Crippen LogP contribution in [-0.2, 0) is 9.59 Å². The molecule has 0 fully saturated rings. The van der Waals surface area contributed by atoms with E-state index in [0.717, 1.165) is 0 Å². The molecular formula is C13H17N3O5. The molecule has 0 aliphatic heterocycles. The van der Waals surface area contributed by atoms with E-state index in [1.54, 1.807) is 19.1 Å². The zero-order valence-corrected chi connectivity index (χ0v) is 11.4. The molecule has 0 saturated heterocycles. The Bertz CT molecular complexity index is 546. The summed E-state index contributed by atoms with van der Waals surface area (Å²) in [5.74, 6) is -2.21. The molecule has 0 aromatic heterocycles. The van der Waals surface area contributed by atoms with Gasteiger partial charge in [0.2, 0.25) is 5.91 Å². The Labute approximate surface area is 121 Å². The number of amides is 3. The van der Waals surface area contributed by atoms with E-state index < -0.39 is 30.4 Å². The lowest BCUT2D eigenvalue weighted by Crippen LogP contribution is -2.49. The van der Waals surface area contributed by atoms with Gasteiger partial charge in [-0.3, -0.25) is 9.69 Å². The van der Waals surface area contributed by atoms with Crippen molar-refractivity contribution < 1.29 is 24.6 Å². The molecule has 8 nitrogen and oxygen atoms in total. The monoisotopic (exact) mass is 295 g/mol. The summed E-state index contributed by atoms with van der Waals surface area (Å²) in [6.45, 7) is 1.94. The van der Waals surface area contributed by atoms with Gasteiger partial charge in [0.15, 0.2) is 0 Å². The Hall–Kier alpha value is -2.77. The van der Waals surface area contributed by atoms with Crippen molar-refractivity contribution in [1.29, 1.82) is 0 Å². The largest absolute Gasteiger partial charge is 0.508 e. The molecule has 1 aromatic rings. The van der Waals surface area contributed by atoms with Crippen molar-refractivity contribution in [3.05, 3.63) is 24.3 Å². The molecule has 114 valence electrons. The first-order chi connectivity index (χ1) is 9.85. The number of benzene rings is 1. The maximum Gasteiger partial charge on any atom is 0.326 e. The van der Waals surface area contributed by atoms with Gasteiger partial charge in [0.05, 0.1) is 6.42 Å². The summed E-state index contributed by atoms with van der Waals surface area (Å²) in [6.07, 6.45) is -0.501. The number of nitrogens with one attached hydrogen (secondary N) is 1. The highest BCUT2D eigenvalue weighted by molar-refractivity contribution is 5.95. The van der Waals surface area contributed by atoms with Crippen LogP contribution in [0, 0.1) is 0 Å². The smallest absolute Gasteiger partial charge is 0.326 e. The van der Waals surface area contributed by atoms with E-state index in [4.69, 9.17) is 10.8 Å². The number of rotatable bonds is 6. The van der Waals surface area contributed by atoms with Crippen molar-refractivity contribution in [1.82, 2.24) is 5.32 Å². The van der Waals surface area contributed by atoms with Gasteiger partial charge in [-0.2, -0.15) is 0 Å². The highest BCUT2D eigenvalue weighted by Crippen LogP contribution is 2.20. The third-order valence-corrected chi connectivity index (χ3v) is 2.70. The number of aliphatic carboxylic acids is 1. The number of nitrogens with two attached hydrogens (primary N) is 1. The molecule has 0 radical (unpaired) electrons. The van der Waals surface area contributed by atoms with Crippen molar-refractivity contribution in [2.75, 3.05) is 11.4 Å². The van der Waals surface area contributed by atoms with Crippen LogP contribution in [0.3, 0.4) is 0 Å². The number of hydrogen-bond donors (Lipinski definition) is 4. The van der Waals surface area contributed by atoms with Crippen LogP contribution in [0.4, 0.5) is 10.5 Å². The van der Waals surface area contributed by atoms with Gasteiger partial charge < -0.3 is 21.3 Å². The fourth-order valence-corrected chi connectivity index (χ4v) is 1.73. The second kappa shape index (κ2) is 7.13. The lowest BCUT2D eigenvalue weighted by molar-refractivity contribution is -0.140. The van der Waals surface area contributed by atoms with Crippen LogP contribution in [0.2, 0.25) is 0 Å². The zero-order valence-electron chi connectivity index (χ0n) is 11.4. The third-order valence-electron chi connectivity index (χ3n) is 2.70. The molecule has 0 heterocycles. The minimum atomic E-state index is -1.40. The van der Waals surface area contributed by atoms with E-state index in [1.807, 2.05) is 0 Å². The summed E-state index contributed by atoms with van der Waals surface area (Å²) in [5.41, 5.74) is 5.35. The van der Waals surface area contributed by atoms with E-state index >= 15 is 0 Å². The number of nitrogens with zero attached hydrogens (tertiary/aromatic N) is 1. The highest BCUT2D eigenvalue weighted by Gasteiger charge is 2.25. The number of primary amides is 1. The quantitative estimate of drug-likeness (QED) is 0.597. The number of carbonyl (C=O) groups excluding carboxylic acids is 2. The first-order valence-electron chi connectivity index (χ1n) is 6.23. The van der Waals surface area contributed by atoms with Crippen LogP contribution >= 0.6 is 0 Å². The molecule has 0 aliphatic carbocycles. The number of urea groups is 1. The second-order valence-corrected chi connectivity index (χ2v) is 4.27. The van der Waals surface area contributed by atoms with Gasteiger partial charge in [-0.1, -0.05) is 6.07 Å². The van der Waals surface area contributed by atoms with E-state index in [2.05, 4.69) is 5.32 Å². The Kier molecular flexibility index (Phi) is 5.53. The molecule has 0 aliphatic rings. The van der Waals surface area contributed by atoms with Crippen LogP contribution in [0.25, 0.3) is 0 Å². The standard InChI is InChI=1S/C13H17N3O5/c1-2-16(8-4-3-5-9(17)6-8)13(21)15-10(12(19)20)7-11(14)18/h3-6,10,17H,2,7H2,1H3,(H2,14,18)(H,15,21)(H,19,20)/t10-/m0/s1. The van der Waals surface area contributed by atoms with Crippen LogP contribution in [0.1, 0.15) is 13.3 Å². The van der Waals surface area contributed by atoms with Gasteiger partial charge in [-0.15, -0.1) is 0 Å². The summed E-state index contributed by atoms with van der Waals surface area (Å²) in [6, 6.07) is 3.86. The van der Waals surface area contributed by atoms with Gasteiger partial charge in [0.1, 0.15) is 11.8 Å². The number of anilines is 1. The first kappa shape index (κ1) is 16.3. The van der Waals surface area contributed by atoms with Crippen LogP contribution < -0.4 is 16.0 Å². The summed E-state index contributed by atoms with van der Waals surface area (Å²) < 4.78 is 0.